The van der Waals surface area contributed by atoms with Crippen LogP contribution in [0.2, 0.25) is 0 Å². The summed E-state index contributed by atoms with van der Waals surface area (Å²) in [6.45, 7) is 10.7. The first-order valence-electron chi connectivity index (χ1n) is 22.9. The molecule has 2 aromatic rings. The molecule has 4 aliphatic heterocycles. The summed E-state index contributed by atoms with van der Waals surface area (Å²) in [4.78, 5) is 37.2. The number of ketones is 1. The molecule has 0 bridgehead atoms. The second kappa shape index (κ2) is 24.1. The average Bonchev–Trinajstić information content (AvgIpc) is 3.29. The number of carbonyl (C=O) groups is 3. The van der Waals surface area contributed by atoms with Crippen molar-refractivity contribution in [3.63, 3.8) is 0 Å². The zero-order valence-electron chi connectivity index (χ0n) is 41.0. The summed E-state index contributed by atoms with van der Waals surface area (Å²) in [6.07, 6.45) is -16.6. The summed E-state index contributed by atoms with van der Waals surface area (Å²) in [7, 11) is -8.11. The zero-order chi connectivity index (χ0) is 55.1. The summed E-state index contributed by atoms with van der Waals surface area (Å²) in [5.74, 6) is -2.32. The summed E-state index contributed by atoms with van der Waals surface area (Å²) >= 11 is 3.06. The van der Waals surface area contributed by atoms with Gasteiger partial charge in [-0.1, -0.05) is 28.1 Å². The lowest BCUT2D eigenvalue weighted by Crippen LogP contribution is -2.59. The fourth-order valence-corrected chi connectivity index (χ4v) is 12.3. The van der Waals surface area contributed by atoms with Gasteiger partial charge in [0.1, 0.15) is 28.5 Å². The van der Waals surface area contributed by atoms with Gasteiger partial charge in [0.2, 0.25) is 20.0 Å². The van der Waals surface area contributed by atoms with Gasteiger partial charge in [-0.15, -0.1) is 0 Å². The van der Waals surface area contributed by atoms with Gasteiger partial charge in [-0.25, -0.2) is 25.4 Å². The van der Waals surface area contributed by atoms with Gasteiger partial charge in [0.05, 0.1) is 5.60 Å². The van der Waals surface area contributed by atoms with Crippen LogP contribution < -0.4 is 9.47 Å². The Morgan fingerprint density at radius 3 is 1.26 bits per heavy atom. The number of ether oxygens (including phenoxy) is 6. The summed E-state index contributed by atoms with van der Waals surface area (Å²) in [5.41, 5.74) is -2.87. The molecule has 0 radical (unpaired) electrons. The van der Waals surface area contributed by atoms with Crippen LogP contribution >= 0.6 is 15.9 Å². The van der Waals surface area contributed by atoms with E-state index in [-0.39, 0.29) is 116 Å². The number of esters is 2. The van der Waals surface area contributed by atoms with Crippen LogP contribution in [0.15, 0.2) is 53.0 Å². The largest absolute Gasteiger partial charge is 0.461 e. The lowest BCUT2D eigenvalue weighted by Gasteiger charge is -2.43. The molecule has 4 saturated heterocycles. The van der Waals surface area contributed by atoms with Crippen molar-refractivity contribution >= 4 is 53.7 Å². The van der Waals surface area contributed by atoms with E-state index >= 15 is 0 Å². The average molecular weight is 1160 g/mol. The smallest absolute Gasteiger partial charge is 0.459 e. The molecular weight excluding hydrogens is 1100 g/mol. The van der Waals surface area contributed by atoms with Gasteiger partial charge in [-0.05, 0) is 96.3 Å². The third kappa shape index (κ3) is 15.7. The maximum Gasteiger partial charge on any atom is 0.461 e. The molecule has 4 heterocycles. The van der Waals surface area contributed by atoms with Crippen LogP contribution in [0.3, 0.4) is 0 Å². The van der Waals surface area contributed by atoms with Crippen LogP contribution in [0.25, 0.3) is 0 Å². The van der Waals surface area contributed by atoms with Crippen LogP contribution in [-0.2, 0) is 59.0 Å². The Kier molecular flexibility index (Phi) is 20.4. The summed E-state index contributed by atoms with van der Waals surface area (Å²) in [6, 6.07) is 9.76. The van der Waals surface area contributed by atoms with E-state index in [1.54, 1.807) is 41.5 Å². The minimum absolute atomic E-state index is 0.0411. The number of aliphatic hydroxyl groups is 1. The first-order chi connectivity index (χ1) is 33.5. The molecule has 0 saturated carbocycles. The molecule has 16 nitrogen and oxygen atoms in total. The lowest BCUT2D eigenvalue weighted by molar-refractivity contribution is -0.253. The number of nitrogens with zero attached hydrogens (tertiary/aromatic N) is 2. The van der Waals surface area contributed by atoms with Crippen LogP contribution in [0.4, 0.5) is 35.1 Å². The van der Waals surface area contributed by atoms with Crippen molar-refractivity contribution in [1.29, 1.82) is 0 Å². The molecule has 0 aromatic heterocycles. The number of Topliss-reactive ketones (excluding diaryl/α,β-unsaturated/α-hetero) is 1. The molecule has 4 fully saturated rings. The topological polar surface area (TPSA) is 202 Å². The van der Waals surface area contributed by atoms with Crippen molar-refractivity contribution in [3.05, 3.63) is 58.6 Å². The Balaban J connectivity index is 0.000000265. The highest BCUT2D eigenvalue weighted by Crippen LogP contribution is 2.41. The fourth-order valence-electron chi connectivity index (χ4n) is 7.87. The van der Waals surface area contributed by atoms with Crippen LogP contribution in [0.1, 0.15) is 98.5 Å². The van der Waals surface area contributed by atoms with Gasteiger partial charge in [0, 0.05) is 95.6 Å². The molecular formula is C46H61BrF8N2O14S2. The van der Waals surface area contributed by atoms with Gasteiger partial charge in [-0.2, -0.15) is 35.1 Å². The van der Waals surface area contributed by atoms with Gasteiger partial charge < -0.3 is 33.5 Å². The normalized spacial score (nSPS) is 20.2. The molecule has 0 unspecified atom stereocenters. The molecule has 0 atom stereocenters. The number of rotatable bonds is 13. The van der Waals surface area contributed by atoms with E-state index in [1.165, 1.54) is 40.7 Å². The van der Waals surface area contributed by atoms with Gasteiger partial charge in [-0.3, -0.25) is 14.4 Å². The Morgan fingerprint density at radius 2 is 0.932 bits per heavy atom. The number of benzene rings is 2. The molecule has 73 heavy (non-hydrogen) atoms. The number of halogens is 9. The molecule has 414 valence electrons. The standard InChI is InChI=1S/C23H31F4NO7S.C15H25NO6S.C8H5BrF4O/c1-20(2,3)35-19(29)22(10-14-33-15-11-22)36(31,32)28-12-8-21(30,9-13-28)16-4-6-17(7-5-16)34-23(26,27)18(24)25;1-14(2,3)22-13(18)15(6-10-21-11-7-15)23(19,20)16-8-4-12(17)5-9-16;9-5-1-3-6(4-2-5)14-8(12,13)7(10)11/h4-7,18,30H,8-15H2,1-3H3;4-11H2,1-3H3;1-4,7H. The maximum absolute atomic E-state index is 13.7. The van der Waals surface area contributed by atoms with E-state index in [2.05, 4.69) is 25.4 Å². The van der Waals surface area contributed by atoms with E-state index in [0.29, 0.717) is 10.0 Å². The van der Waals surface area contributed by atoms with E-state index in [4.69, 9.17) is 18.9 Å². The lowest BCUT2D eigenvalue weighted by atomic mass is 9.85. The first kappa shape index (κ1) is 61.8. The van der Waals surface area contributed by atoms with Gasteiger partial charge >= 0.3 is 37.0 Å². The zero-order valence-corrected chi connectivity index (χ0v) is 44.2. The maximum atomic E-state index is 13.7. The number of piperidine rings is 2. The Labute approximate surface area is 427 Å². The van der Waals surface area contributed by atoms with Crippen molar-refractivity contribution in [2.75, 3.05) is 52.6 Å². The van der Waals surface area contributed by atoms with Crippen LogP contribution in [0.5, 0.6) is 11.5 Å². The Bertz CT molecular complexity index is 2390. The number of alkyl halides is 8. The van der Waals surface area contributed by atoms with Crippen molar-refractivity contribution < 1.29 is 99.9 Å². The molecule has 6 rings (SSSR count). The number of hydrogen-bond acceptors (Lipinski definition) is 14. The molecule has 0 spiro atoms. The van der Waals surface area contributed by atoms with Crippen molar-refractivity contribution in [3.8, 4) is 11.5 Å². The third-order valence-corrected chi connectivity index (χ3v) is 17.6. The minimum atomic E-state index is -4.66. The SMILES string of the molecule is CC(C)(C)OC(=O)C1(S(=O)(=O)N2CCC(=O)CC2)CCOCC1.CC(C)(C)OC(=O)C1(S(=O)(=O)N2CCC(O)(c3ccc(OC(F)(F)C(F)F)cc3)CC2)CCOCC1.FC(F)C(F)(F)Oc1ccc(Br)cc1. The third-order valence-electron chi connectivity index (χ3n) is 11.9. The summed E-state index contributed by atoms with van der Waals surface area (Å²) < 4.78 is 182. The van der Waals surface area contributed by atoms with Gasteiger partial charge in [0.15, 0.2) is 9.49 Å². The van der Waals surface area contributed by atoms with Crippen molar-refractivity contribution in [2.24, 2.45) is 0 Å². The quantitative estimate of drug-likeness (QED) is 0.149. The Hall–Kier alpha value is -3.73. The summed E-state index contributed by atoms with van der Waals surface area (Å²) in [5, 5.41) is 11.1. The first-order valence-corrected chi connectivity index (χ1v) is 26.6. The molecule has 1 N–H and O–H groups in total. The van der Waals surface area contributed by atoms with Crippen LogP contribution in [0, 0.1) is 0 Å². The molecule has 2 aromatic carbocycles. The molecule has 27 heteroatoms. The van der Waals surface area contributed by atoms with Gasteiger partial charge in [0.25, 0.3) is 0 Å². The fraction of sp³-hybridized carbons (Fsp3) is 0.674. The molecule has 0 amide bonds. The van der Waals surface area contributed by atoms with Crippen molar-refractivity contribution in [1.82, 2.24) is 8.61 Å². The molecule has 0 aliphatic carbocycles. The van der Waals surface area contributed by atoms with Crippen LogP contribution in [-0.4, -0.2) is 147 Å². The predicted octanol–water partition coefficient (Wildman–Crippen LogP) is 7.99. The number of sulfonamides is 2. The van der Waals surface area contributed by atoms with Crippen molar-refractivity contribution in [2.45, 2.75) is 144 Å². The van der Waals surface area contributed by atoms with E-state index in [0.717, 1.165) is 16.4 Å². The highest BCUT2D eigenvalue weighted by Gasteiger charge is 2.58. The number of carbonyl (C=O) groups excluding carboxylic acids is 3. The monoisotopic (exact) mass is 1160 g/mol. The highest BCUT2D eigenvalue weighted by molar-refractivity contribution is 9.10. The number of hydrogen-bond donors (Lipinski definition) is 1. The second-order valence-electron chi connectivity index (χ2n) is 19.5. The van der Waals surface area contributed by atoms with E-state index < -0.39 is 89.1 Å². The van der Waals surface area contributed by atoms with E-state index in [9.17, 15) is 71.4 Å². The van der Waals surface area contributed by atoms with E-state index in [1.807, 2.05) is 0 Å². The highest BCUT2D eigenvalue weighted by atomic mass is 79.9. The second-order valence-corrected chi connectivity index (χ2v) is 24.9. The Morgan fingerprint density at radius 1 is 0.603 bits per heavy atom. The predicted molar refractivity (Wildman–Crippen MR) is 249 cm³/mol. The minimum Gasteiger partial charge on any atom is -0.459 e. The molecule has 4 aliphatic rings.